The van der Waals surface area contributed by atoms with Crippen molar-refractivity contribution in [2.75, 3.05) is 0 Å². The van der Waals surface area contributed by atoms with Crippen LogP contribution in [0.1, 0.15) is 22.3 Å². The van der Waals surface area contributed by atoms with Gasteiger partial charge in [0.25, 0.3) is 0 Å². The lowest BCUT2D eigenvalue weighted by atomic mass is 10.0. The molecule has 0 aromatic heterocycles. The first-order valence-corrected chi connectivity index (χ1v) is 13.5. The van der Waals surface area contributed by atoms with E-state index in [2.05, 4.69) is 109 Å². The maximum absolute atomic E-state index is 4.76. The van der Waals surface area contributed by atoms with Crippen molar-refractivity contribution in [2.45, 2.75) is 0 Å². The van der Waals surface area contributed by atoms with E-state index in [0.717, 1.165) is 44.5 Å². The summed E-state index contributed by atoms with van der Waals surface area (Å²) in [5.74, 6) is 0. The number of aliphatic imine (C=N–C) groups is 4. The van der Waals surface area contributed by atoms with E-state index in [0.29, 0.717) is 22.7 Å². The van der Waals surface area contributed by atoms with Crippen molar-refractivity contribution in [3.8, 4) is 22.3 Å². The number of nitrogens with zero attached hydrogens (tertiary/aromatic N) is 4. The third-order valence-electron chi connectivity index (χ3n) is 6.90. The molecule has 4 nitrogen and oxygen atoms in total. The summed E-state index contributed by atoms with van der Waals surface area (Å²) in [6.45, 7) is 15.0. The van der Waals surface area contributed by atoms with Gasteiger partial charge >= 0.3 is 0 Å². The Morgan fingerprint density at radius 2 is 0.667 bits per heavy atom. The van der Waals surface area contributed by atoms with Crippen molar-refractivity contribution >= 4 is 60.8 Å². The molecule has 4 heteroatoms. The van der Waals surface area contributed by atoms with Crippen molar-refractivity contribution in [1.82, 2.24) is 0 Å². The molecule has 0 aliphatic heterocycles. The minimum absolute atomic E-state index is 0.598. The summed E-state index contributed by atoms with van der Waals surface area (Å²) >= 11 is 0. The first-order chi connectivity index (χ1) is 20.6. The third-order valence-corrected chi connectivity index (χ3v) is 6.90. The SMILES string of the molecule is C=Cc1ccc(-c2ccc(C=Nc3cc(N=C)c(N=C)cc3N=Cc3ccc(-c4ccc(C=C)cc4)cc3)cc2)cc1. The highest BCUT2D eigenvalue weighted by atomic mass is 14.9. The second-order valence-electron chi connectivity index (χ2n) is 9.56. The molecule has 0 aliphatic rings. The van der Waals surface area contributed by atoms with Gasteiger partial charge in [-0.3, -0.25) is 20.0 Å². The maximum atomic E-state index is 4.76. The molecule has 0 unspecified atom stereocenters. The van der Waals surface area contributed by atoms with Crippen LogP contribution in [0.4, 0.5) is 22.7 Å². The molecule has 0 saturated carbocycles. The fraction of sp³-hybridized carbons (Fsp3) is 0. The van der Waals surface area contributed by atoms with Crippen molar-refractivity contribution in [2.24, 2.45) is 20.0 Å². The lowest BCUT2D eigenvalue weighted by Gasteiger charge is -2.07. The highest BCUT2D eigenvalue weighted by Gasteiger charge is 2.08. The van der Waals surface area contributed by atoms with Crippen LogP contribution in [0.3, 0.4) is 0 Å². The minimum Gasteiger partial charge on any atom is -0.262 e. The Labute approximate surface area is 247 Å². The monoisotopic (exact) mass is 542 g/mol. The molecule has 5 aromatic rings. The Bertz CT molecular complexity index is 1650. The lowest BCUT2D eigenvalue weighted by Crippen LogP contribution is -1.84. The average molecular weight is 543 g/mol. The fourth-order valence-electron chi connectivity index (χ4n) is 4.45. The highest BCUT2D eigenvalue weighted by molar-refractivity contribution is 5.90. The van der Waals surface area contributed by atoms with Gasteiger partial charge in [-0.1, -0.05) is 122 Å². The summed E-state index contributed by atoms with van der Waals surface area (Å²) in [6.07, 6.45) is 7.32. The van der Waals surface area contributed by atoms with Crippen LogP contribution < -0.4 is 0 Å². The van der Waals surface area contributed by atoms with E-state index in [1.807, 2.05) is 61.0 Å². The Balaban J connectivity index is 1.39. The summed E-state index contributed by atoms with van der Waals surface area (Å²) in [4.78, 5) is 17.7. The first-order valence-electron chi connectivity index (χ1n) is 13.5. The van der Waals surface area contributed by atoms with Crippen LogP contribution in [0.25, 0.3) is 34.4 Å². The van der Waals surface area contributed by atoms with Crippen LogP contribution in [0.5, 0.6) is 0 Å². The molecular formula is C38H30N4. The summed E-state index contributed by atoms with van der Waals surface area (Å²) in [7, 11) is 0. The second-order valence-corrected chi connectivity index (χ2v) is 9.56. The molecule has 42 heavy (non-hydrogen) atoms. The quantitative estimate of drug-likeness (QED) is 0.158. The molecule has 0 bridgehead atoms. The van der Waals surface area contributed by atoms with Gasteiger partial charge in [0, 0.05) is 12.4 Å². The molecule has 0 fully saturated rings. The van der Waals surface area contributed by atoms with E-state index in [1.165, 1.54) is 0 Å². The summed E-state index contributed by atoms with van der Waals surface area (Å²) in [5.41, 5.74) is 11.2. The highest BCUT2D eigenvalue weighted by Crippen LogP contribution is 2.39. The third kappa shape index (κ3) is 6.52. The Morgan fingerprint density at radius 3 is 0.929 bits per heavy atom. The van der Waals surface area contributed by atoms with Gasteiger partial charge in [0.2, 0.25) is 0 Å². The predicted octanol–water partition coefficient (Wildman–Crippen LogP) is 10.5. The van der Waals surface area contributed by atoms with Gasteiger partial charge in [-0.25, -0.2) is 0 Å². The number of hydrogen-bond acceptors (Lipinski definition) is 4. The second kappa shape index (κ2) is 13.1. The van der Waals surface area contributed by atoms with Crippen LogP contribution in [0.15, 0.2) is 142 Å². The van der Waals surface area contributed by atoms with Gasteiger partial charge in [0.05, 0.1) is 22.7 Å². The molecule has 0 heterocycles. The van der Waals surface area contributed by atoms with Gasteiger partial charge < -0.3 is 0 Å². The zero-order valence-corrected chi connectivity index (χ0v) is 23.3. The molecule has 0 aliphatic carbocycles. The van der Waals surface area contributed by atoms with E-state index < -0.39 is 0 Å². The smallest absolute Gasteiger partial charge is 0.0909 e. The van der Waals surface area contributed by atoms with E-state index in [9.17, 15) is 0 Å². The van der Waals surface area contributed by atoms with Crippen LogP contribution in [0, 0.1) is 0 Å². The topological polar surface area (TPSA) is 49.4 Å². The molecule has 5 rings (SSSR count). The van der Waals surface area contributed by atoms with Gasteiger partial charge in [-0.05, 0) is 70.1 Å². The lowest BCUT2D eigenvalue weighted by molar-refractivity contribution is 1.41. The number of rotatable bonds is 10. The van der Waals surface area contributed by atoms with Crippen molar-refractivity contribution in [3.63, 3.8) is 0 Å². The molecule has 0 N–H and O–H groups in total. The maximum Gasteiger partial charge on any atom is 0.0909 e. The Kier molecular flexibility index (Phi) is 8.66. The summed E-state index contributed by atoms with van der Waals surface area (Å²) in [6, 6.07) is 36.8. The zero-order valence-electron chi connectivity index (χ0n) is 23.3. The van der Waals surface area contributed by atoms with Crippen LogP contribution in [0.2, 0.25) is 0 Å². The van der Waals surface area contributed by atoms with E-state index in [-0.39, 0.29) is 0 Å². The van der Waals surface area contributed by atoms with Crippen molar-refractivity contribution < 1.29 is 0 Å². The van der Waals surface area contributed by atoms with Crippen molar-refractivity contribution in [3.05, 3.63) is 145 Å². The Hall–Kier alpha value is -5.74. The van der Waals surface area contributed by atoms with Crippen molar-refractivity contribution in [1.29, 1.82) is 0 Å². The molecule has 5 aromatic carbocycles. The molecule has 0 spiro atoms. The number of hydrogen-bond donors (Lipinski definition) is 0. The standard InChI is InChI=1S/C38H30N4/c1-5-27-7-15-31(16-8-27)33-19-11-29(12-20-33)25-41-37-23-35(39-3)36(40-4)24-38(37)42-26-30-13-21-34(22-14-30)32-17-9-28(6-2)10-18-32/h5-26H,1-4H2. The largest absolute Gasteiger partial charge is 0.262 e. The molecule has 0 saturated heterocycles. The van der Waals surface area contributed by atoms with E-state index in [1.54, 1.807) is 0 Å². The Morgan fingerprint density at radius 1 is 0.381 bits per heavy atom. The van der Waals surface area contributed by atoms with Gasteiger partial charge in [-0.2, -0.15) is 0 Å². The predicted molar refractivity (Wildman–Crippen MR) is 183 cm³/mol. The summed E-state index contributed by atoms with van der Waals surface area (Å²) in [5, 5.41) is 0. The molecule has 0 amide bonds. The van der Waals surface area contributed by atoms with E-state index >= 15 is 0 Å². The molecule has 202 valence electrons. The molecule has 0 atom stereocenters. The van der Waals surface area contributed by atoms with E-state index in [4.69, 9.17) is 9.98 Å². The zero-order chi connectivity index (χ0) is 29.3. The van der Waals surface area contributed by atoms with Crippen LogP contribution in [-0.2, 0) is 0 Å². The fourth-order valence-corrected chi connectivity index (χ4v) is 4.45. The summed E-state index contributed by atoms with van der Waals surface area (Å²) < 4.78 is 0. The average Bonchev–Trinajstić information content (AvgIpc) is 3.06. The normalized spacial score (nSPS) is 11.0. The van der Waals surface area contributed by atoms with Gasteiger partial charge in [-0.15, -0.1) is 0 Å². The van der Waals surface area contributed by atoms with Gasteiger partial charge in [0.15, 0.2) is 0 Å². The molecular weight excluding hydrogens is 512 g/mol. The minimum atomic E-state index is 0.598. The first kappa shape index (κ1) is 27.8. The molecule has 0 radical (unpaired) electrons. The van der Waals surface area contributed by atoms with Crippen LogP contribution in [-0.4, -0.2) is 25.9 Å². The van der Waals surface area contributed by atoms with Gasteiger partial charge in [0.1, 0.15) is 0 Å². The number of benzene rings is 5. The van der Waals surface area contributed by atoms with Crippen LogP contribution >= 0.6 is 0 Å².